The molecule has 0 bridgehead atoms. The summed E-state index contributed by atoms with van der Waals surface area (Å²) >= 11 is 6.04. The maximum Gasteiger partial charge on any atom is 0.305 e. The Balaban J connectivity index is 1.80. The molecule has 182 valence electrons. The van der Waals surface area contributed by atoms with E-state index in [0.29, 0.717) is 25.4 Å². The second kappa shape index (κ2) is 11.8. The summed E-state index contributed by atoms with van der Waals surface area (Å²) in [6, 6.07) is 12.6. The molecule has 0 saturated heterocycles. The summed E-state index contributed by atoms with van der Waals surface area (Å²) in [6.45, 7) is 2.69. The summed E-state index contributed by atoms with van der Waals surface area (Å²) in [7, 11) is 0. The molecule has 1 N–H and O–H groups in total. The highest BCUT2D eigenvalue weighted by molar-refractivity contribution is 6.33. The fraction of sp³-hybridized carbons (Fsp3) is 0.227. The van der Waals surface area contributed by atoms with Gasteiger partial charge in [0, 0.05) is 36.0 Å². The van der Waals surface area contributed by atoms with Gasteiger partial charge in [-0.15, -0.1) is 10.2 Å². The van der Waals surface area contributed by atoms with Gasteiger partial charge in [0.1, 0.15) is 6.61 Å². The van der Waals surface area contributed by atoms with Gasteiger partial charge < -0.3 is 14.8 Å². The van der Waals surface area contributed by atoms with Gasteiger partial charge in [0.25, 0.3) is 5.69 Å². The predicted octanol–water partition coefficient (Wildman–Crippen LogP) is 5.72. The smallest absolute Gasteiger partial charge is 0.305 e. The number of esters is 1. The fourth-order valence-corrected chi connectivity index (χ4v) is 3.39. The van der Waals surface area contributed by atoms with E-state index in [0.717, 1.165) is 28.6 Å². The normalized spacial score (nSPS) is 11.0. The molecule has 12 nitrogen and oxygen atoms in total. The molecule has 0 atom stereocenters. The first-order chi connectivity index (χ1) is 16.8. The summed E-state index contributed by atoms with van der Waals surface area (Å²) in [5.41, 5.74) is -0.185. The van der Waals surface area contributed by atoms with Crippen LogP contribution in [0.3, 0.4) is 0 Å². The number of azo groups is 1. The Morgan fingerprint density at radius 3 is 2.43 bits per heavy atom. The highest BCUT2D eigenvalue weighted by Gasteiger charge is 2.23. The number of nitrogens with zero attached hydrogens (tertiary/aromatic N) is 4. The monoisotopic (exact) mass is 501 g/mol. The molecular weight excluding hydrogens is 482 g/mol. The minimum Gasteiger partial charge on any atom is -0.463 e. The number of nitro groups is 2. The van der Waals surface area contributed by atoms with Crippen LogP contribution in [0.4, 0.5) is 28.4 Å². The van der Waals surface area contributed by atoms with Crippen molar-refractivity contribution in [1.29, 1.82) is 0 Å². The first-order valence-electron chi connectivity index (χ1n) is 10.3. The zero-order valence-electron chi connectivity index (χ0n) is 18.5. The van der Waals surface area contributed by atoms with Gasteiger partial charge in [-0.3, -0.25) is 25.0 Å². The van der Waals surface area contributed by atoms with Crippen LogP contribution in [0.15, 0.2) is 58.8 Å². The Hall–Kier alpha value is -4.16. The van der Waals surface area contributed by atoms with E-state index in [1.165, 1.54) is 6.92 Å². The molecule has 0 aliphatic rings. The summed E-state index contributed by atoms with van der Waals surface area (Å²) in [4.78, 5) is 31.6. The van der Waals surface area contributed by atoms with Crippen molar-refractivity contribution < 1.29 is 24.1 Å². The van der Waals surface area contributed by atoms with Crippen molar-refractivity contribution in [2.75, 3.05) is 31.7 Å². The van der Waals surface area contributed by atoms with Gasteiger partial charge in [0.15, 0.2) is 5.69 Å². The first-order valence-corrected chi connectivity index (χ1v) is 10.7. The number of hydrogen-bond donors (Lipinski definition) is 1. The number of fused-ring (bicyclic) bond motifs is 1. The maximum absolute atomic E-state index is 11.4. The van der Waals surface area contributed by atoms with Crippen molar-refractivity contribution in [3.63, 3.8) is 0 Å². The van der Waals surface area contributed by atoms with Crippen molar-refractivity contribution >= 4 is 56.8 Å². The highest BCUT2D eigenvalue weighted by Crippen LogP contribution is 2.40. The minimum atomic E-state index is -0.799. The van der Waals surface area contributed by atoms with Crippen LogP contribution >= 0.6 is 11.6 Å². The topological polar surface area (TPSA) is 159 Å². The molecule has 3 aromatic carbocycles. The Morgan fingerprint density at radius 1 is 1.00 bits per heavy atom. The molecule has 0 saturated carbocycles. The molecule has 3 aromatic rings. The van der Waals surface area contributed by atoms with E-state index in [1.807, 2.05) is 24.3 Å². The molecule has 0 spiro atoms. The molecule has 0 amide bonds. The van der Waals surface area contributed by atoms with Gasteiger partial charge in [-0.05, 0) is 12.1 Å². The quantitative estimate of drug-likeness (QED) is 0.115. The molecule has 0 radical (unpaired) electrons. The fourth-order valence-electron chi connectivity index (χ4n) is 3.15. The van der Waals surface area contributed by atoms with Crippen molar-refractivity contribution in [3.8, 4) is 0 Å². The van der Waals surface area contributed by atoms with Gasteiger partial charge in [-0.25, -0.2) is 0 Å². The lowest BCUT2D eigenvalue weighted by molar-refractivity contribution is -0.393. The van der Waals surface area contributed by atoms with Crippen molar-refractivity contribution in [2.45, 2.75) is 6.92 Å². The second-order valence-electron chi connectivity index (χ2n) is 7.07. The summed E-state index contributed by atoms with van der Waals surface area (Å²) < 4.78 is 10.2. The number of anilines is 1. The molecule has 0 heterocycles. The Labute approximate surface area is 203 Å². The minimum absolute atomic E-state index is 0.189. The zero-order chi connectivity index (χ0) is 25.4. The number of carbonyl (C=O) groups is 1. The lowest BCUT2D eigenvalue weighted by atomic mass is 10.1. The highest BCUT2D eigenvalue weighted by atomic mass is 35.5. The molecule has 0 aliphatic carbocycles. The number of nitrogens with one attached hydrogen (secondary N) is 1. The molecule has 0 aromatic heterocycles. The molecule has 13 heteroatoms. The number of halogens is 1. The SMILES string of the molecule is CC(=O)OCCOCCNc1ccc(N=Nc2c(Cl)cc([N+](=O)[O-])cc2[N+](=O)[O-])c2ccccc12. The van der Waals surface area contributed by atoms with Crippen LogP contribution in [-0.4, -0.2) is 42.2 Å². The summed E-state index contributed by atoms with van der Waals surface area (Å²) in [6.07, 6.45) is 0. The summed E-state index contributed by atoms with van der Waals surface area (Å²) in [5, 5.41) is 35.0. The van der Waals surface area contributed by atoms with E-state index in [-0.39, 0.29) is 23.3 Å². The van der Waals surface area contributed by atoms with E-state index < -0.39 is 21.2 Å². The van der Waals surface area contributed by atoms with Crippen LogP contribution in [0, 0.1) is 20.2 Å². The van der Waals surface area contributed by atoms with Crippen LogP contribution in [0.1, 0.15) is 6.92 Å². The molecule has 0 fully saturated rings. The third-order valence-corrected chi connectivity index (χ3v) is 4.98. The standard InChI is InChI=1S/C22H20ClN5O7/c1-14(29)35-11-10-34-9-8-24-19-6-7-20(17-5-3-2-4-16(17)19)25-26-22-18(23)12-15(27(30)31)13-21(22)28(32)33/h2-7,12-13,24H,8-11H2,1H3. The van der Waals surface area contributed by atoms with Crippen molar-refractivity contribution in [2.24, 2.45) is 10.2 Å². The first kappa shape index (κ1) is 25.5. The largest absolute Gasteiger partial charge is 0.463 e. The van der Waals surface area contributed by atoms with Crippen LogP contribution in [-0.2, 0) is 14.3 Å². The third-order valence-electron chi connectivity index (χ3n) is 4.69. The van der Waals surface area contributed by atoms with E-state index in [4.69, 9.17) is 21.1 Å². The molecule has 0 unspecified atom stereocenters. The Bertz CT molecular complexity index is 1300. The van der Waals surface area contributed by atoms with Gasteiger partial charge >= 0.3 is 11.7 Å². The molecular formula is C22H20ClN5O7. The van der Waals surface area contributed by atoms with Gasteiger partial charge in [-0.2, -0.15) is 0 Å². The van der Waals surface area contributed by atoms with Gasteiger partial charge in [0.05, 0.1) is 39.8 Å². The van der Waals surface area contributed by atoms with Crippen molar-refractivity contribution in [3.05, 3.63) is 73.8 Å². The average Bonchev–Trinajstić information content (AvgIpc) is 2.82. The third kappa shape index (κ3) is 6.68. The predicted molar refractivity (Wildman–Crippen MR) is 129 cm³/mol. The van der Waals surface area contributed by atoms with E-state index in [2.05, 4.69) is 15.5 Å². The number of hydrogen-bond acceptors (Lipinski definition) is 10. The van der Waals surface area contributed by atoms with Crippen LogP contribution in [0.25, 0.3) is 10.8 Å². The molecule has 35 heavy (non-hydrogen) atoms. The summed E-state index contributed by atoms with van der Waals surface area (Å²) in [5.74, 6) is -0.360. The Morgan fingerprint density at radius 2 is 1.74 bits per heavy atom. The van der Waals surface area contributed by atoms with Gasteiger partial charge in [-0.1, -0.05) is 35.9 Å². The zero-order valence-corrected chi connectivity index (χ0v) is 19.2. The van der Waals surface area contributed by atoms with Crippen LogP contribution in [0.2, 0.25) is 5.02 Å². The van der Waals surface area contributed by atoms with Crippen LogP contribution in [0.5, 0.6) is 0 Å². The number of non-ortho nitro benzene ring substituents is 1. The van der Waals surface area contributed by atoms with Crippen LogP contribution < -0.4 is 5.32 Å². The van der Waals surface area contributed by atoms with E-state index in [1.54, 1.807) is 12.1 Å². The van der Waals surface area contributed by atoms with Crippen molar-refractivity contribution in [1.82, 2.24) is 0 Å². The lowest BCUT2D eigenvalue weighted by Crippen LogP contribution is -2.13. The Kier molecular flexibility index (Phi) is 8.59. The van der Waals surface area contributed by atoms with E-state index >= 15 is 0 Å². The number of ether oxygens (including phenoxy) is 2. The number of rotatable bonds is 11. The van der Waals surface area contributed by atoms with E-state index in [9.17, 15) is 25.0 Å². The second-order valence-corrected chi connectivity index (χ2v) is 7.47. The number of nitro benzene ring substituents is 2. The molecule has 3 rings (SSSR count). The number of carbonyl (C=O) groups excluding carboxylic acids is 1. The number of benzene rings is 3. The van der Waals surface area contributed by atoms with Gasteiger partial charge in [0.2, 0.25) is 0 Å². The average molecular weight is 502 g/mol. The lowest BCUT2D eigenvalue weighted by Gasteiger charge is -2.11. The maximum atomic E-state index is 11.4. The molecule has 0 aliphatic heterocycles.